The fraction of sp³-hybridized carbons (Fsp3) is 0.250. The van der Waals surface area contributed by atoms with Gasteiger partial charge in [-0.05, 0) is 68.7 Å². The number of amides is 1. The normalized spacial score (nSPS) is 10.9. The van der Waals surface area contributed by atoms with Gasteiger partial charge >= 0.3 is 0 Å². The fourth-order valence-corrected chi connectivity index (χ4v) is 3.58. The molecular weight excluding hydrogens is 396 g/mol. The standard InChI is InChI=1S/C24H26N2O3S/c1-5-28-21-11-8-18(14-22(21)29-6-2)9-12-23(27)26-24-25-20(15-30-24)19-10-7-16(3)17(4)13-19/h7-15H,5-6H2,1-4H3,(H,25,26,27). The van der Waals surface area contributed by atoms with Crippen molar-refractivity contribution < 1.29 is 14.3 Å². The van der Waals surface area contributed by atoms with Crippen molar-refractivity contribution in [3.8, 4) is 22.8 Å². The summed E-state index contributed by atoms with van der Waals surface area (Å²) < 4.78 is 11.2. The predicted octanol–water partition coefficient (Wildman–Crippen LogP) is 5.88. The van der Waals surface area contributed by atoms with Crippen LogP contribution in [0, 0.1) is 13.8 Å². The van der Waals surface area contributed by atoms with Gasteiger partial charge < -0.3 is 9.47 Å². The number of carbonyl (C=O) groups is 1. The highest BCUT2D eigenvalue weighted by Gasteiger charge is 2.08. The Morgan fingerprint density at radius 2 is 1.80 bits per heavy atom. The maximum absolute atomic E-state index is 12.3. The smallest absolute Gasteiger partial charge is 0.250 e. The molecule has 3 aromatic rings. The highest BCUT2D eigenvalue weighted by atomic mass is 32.1. The van der Waals surface area contributed by atoms with E-state index >= 15 is 0 Å². The molecule has 0 aliphatic carbocycles. The molecule has 0 aliphatic rings. The molecule has 1 amide bonds. The van der Waals surface area contributed by atoms with Crippen LogP contribution in [0.25, 0.3) is 17.3 Å². The highest BCUT2D eigenvalue weighted by Crippen LogP contribution is 2.29. The second-order valence-electron chi connectivity index (χ2n) is 6.73. The first-order chi connectivity index (χ1) is 14.5. The zero-order chi connectivity index (χ0) is 21.5. The van der Waals surface area contributed by atoms with Crippen molar-refractivity contribution in [2.75, 3.05) is 18.5 Å². The third-order valence-corrected chi connectivity index (χ3v) is 5.29. The van der Waals surface area contributed by atoms with Crippen LogP contribution in [0.2, 0.25) is 0 Å². The SMILES string of the molecule is CCOc1ccc(C=CC(=O)Nc2nc(-c3ccc(C)c(C)c3)cs2)cc1OCC. The van der Waals surface area contributed by atoms with E-state index < -0.39 is 0 Å². The summed E-state index contributed by atoms with van der Waals surface area (Å²) in [5.41, 5.74) is 5.22. The second kappa shape index (κ2) is 10.1. The van der Waals surface area contributed by atoms with Crippen molar-refractivity contribution in [1.82, 2.24) is 4.98 Å². The van der Waals surface area contributed by atoms with Crippen LogP contribution in [0.4, 0.5) is 5.13 Å². The molecular formula is C24H26N2O3S. The van der Waals surface area contributed by atoms with Crippen LogP contribution >= 0.6 is 11.3 Å². The molecule has 0 fully saturated rings. The van der Waals surface area contributed by atoms with E-state index in [9.17, 15) is 4.79 Å². The molecule has 0 spiro atoms. The Morgan fingerprint density at radius 1 is 1.03 bits per heavy atom. The molecule has 1 aromatic heterocycles. The molecule has 0 radical (unpaired) electrons. The number of aromatic nitrogens is 1. The van der Waals surface area contributed by atoms with Crippen LogP contribution in [-0.4, -0.2) is 24.1 Å². The monoisotopic (exact) mass is 422 g/mol. The second-order valence-corrected chi connectivity index (χ2v) is 7.59. The number of aryl methyl sites for hydroxylation is 2. The largest absolute Gasteiger partial charge is 0.490 e. The lowest BCUT2D eigenvalue weighted by Crippen LogP contribution is -2.07. The van der Waals surface area contributed by atoms with Gasteiger partial charge in [-0.2, -0.15) is 0 Å². The van der Waals surface area contributed by atoms with Gasteiger partial charge in [-0.25, -0.2) is 4.98 Å². The molecule has 30 heavy (non-hydrogen) atoms. The molecule has 1 heterocycles. The molecule has 0 bridgehead atoms. The Balaban J connectivity index is 1.67. The topological polar surface area (TPSA) is 60.5 Å². The summed E-state index contributed by atoms with van der Waals surface area (Å²) in [6.45, 7) is 9.12. The van der Waals surface area contributed by atoms with Crippen molar-refractivity contribution in [2.45, 2.75) is 27.7 Å². The van der Waals surface area contributed by atoms with Crippen LogP contribution in [-0.2, 0) is 4.79 Å². The minimum atomic E-state index is -0.233. The Hall–Kier alpha value is -3.12. The van der Waals surface area contributed by atoms with Gasteiger partial charge in [0.15, 0.2) is 16.6 Å². The summed E-state index contributed by atoms with van der Waals surface area (Å²) in [6.07, 6.45) is 3.23. The fourth-order valence-electron chi connectivity index (χ4n) is 2.85. The van der Waals surface area contributed by atoms with E-state index in [2.05, 4.69) is 36.3 Å². The molecule has 3 rings (SSSR count). The van der Waals surface area contributed by atoms with Crippen molar-refractivity contribution >= 4 is 28.5 Å². The van der Waals surface area contributed by atoms with Crippen molar-refractivity contribution in [2.24, 2.45) is 0 Å². The van der Waals surface area contributed by atoms with E-state index in [-0.39, 0.29) is 5.91 Å². The Kier molecular flexibility index (Phi) is 7.25. The number of thiazole rings is 1. The van der Waals surface area contributed by atoms with Gasteiger partial charge in [0, 0.05) is 17.0 Å². The Labute approximate surface area is 181 Å². The molecule has 1 N–H and O–H groups in total. The van der Waals surface area contributed by atoms with Crippen LogP contribution < -0.4 is 14.8 Å². The summed E-state index contributed by atoms with van der Waals surface area (Å²) in [7, 11) is 0. The highest BCUT2D eigenvalue weighted by molar-refractivity contribution is 7.14. The summed E-state index contributed by atoms with van der Waals surface area (Å²) in [5, 5.41) is 5.34. The minimum absolute atomic E-state index is 0.233. The van der Waals surface area contributed by atoms with Crippen molar-refractivity contribution in [3.05, 3.63) is 64.5 Å². The van der Waals surface area contributed by atoms with Crippen LogP contribution in [0.15, 0.2) is 47.9 Å². The lowest BCUT2D eigenvalue weighted by atomic mass is 10.1. The zero-order valence-electron chi connectivity index (χ0n) is 17.7. The maximum Gasteiger partial charge on any atom is 0.250 e. The third kappa shape index (κ3) is 5.48. The lowest BCUT2D eigenvalue weighted by molar-refractivity contribution is -0.111. The summed E-state index contributed by atoms with van der Waals surface area (Å²) >= 11 is 1.41. The number of carbonyl (C=O) groups excluding carboxylic acids is 1. The van der Waals surface area contributed by atoms with Gasteiger partial charge in [0.1, 0.15) is 0 Å². The molecule has 156 valence electrons. The Bertz CT molecular complexity index is 1060. The van der Waals surface area contributed by atoms with Crippen LogP contribution in [0.1, 0.15) is 30.5 Å². The van der Waals surface area contributed by atoms with E-state index in [0.717, 1.165) is 16.8 Å². The third-order valence-electron chi connectivity index (χ3n) is 4.53. The average Bonchev–Trinajstić information content (AvgIpc) is 3.19. The van der Waals surface area contributed by atoms with E-state index in [4.69, 9.17) is 9.47 Å². The molecule has 0 atom stereocenters. The molecule has 0 unspecified atom stereocenters. The van der Waals surface area contributed by atoms with Crippen molar-refractivity contribution in [1.29, 1.82) is 0 Å². The van der Waals surface area contributed by atoms with E-state index in [1.165, 1.54) is 28.5 Å². The average molecular weight is 423 g/mol. The van der Waals surface area contributed by atoms with Crippen LogP contribution in [0.3, 0.4) is 0 Å². The number of benzene rings is 2. The van der Waals surface area contributed by atoms with Gasteiger partial charge in [0.25, 0.3) is 0 Å². The predicted molar refractivity (Wildman–Crippen MR) is 123 cm³/mol. The first-order valence-corrected chi connectivity index (χ1v) is 10.8. The van der Waals surface area contributed by atoms with Gasteiger partial charge in [0.05, 0.1) is 18.9 Å². The van der Waals surface area contributed by atoms with Crippen LogP contribution in [0.5, 0.6) is 11.5 Å². The number of ether oxygens (including phenoxy) is 2. The van der Waals surface area contributed by atoms with Gasteiger partial charge in [-0.1, -0.05) is 18.2 Å². The lowest BCUT2D eigenvalue weighted by Gasteiger charge is -2.11. The molecule has 0 saturated carbocycles. The molecule has 6 heteroatoms. The zero-order valence-corrected chi connectivity index (χ0v) is 18.5. The van der Waals surface area contributed by atoms with E-state index in [1.54, 1.807) is 6.08 Å². The van der Waals surface area contributed by atoms with E-state index in [1.807, 2.05) is 43.5 Å². The number of nitrogens with zero attached hydrogens (tertiary/aromatic N) is 1. The van der Waals surface area contributed by atoms with E-state index in [0.29, 0.717) is 29.8 Å². The minimum Gasteiger partial charge on any atom is -0.490 e. The Morgan fingerprint density at radius 3 is 2.53 bits per heavy atom. The molecule has 5 nitrogen and oxygen atoms in total. The van der Waals surface area contributed by atoms with Crippen molar-refractivity contribution in [3.63, 3.8) is 0 Å². The summed E-state index contributed by atoms with van der Waals surface area (Å²) in [5.74, 6) is 1.13. The number of nitrogens with one attached hydrogen (secondary N) is 1. The summed E-state index contributed by atoms with van der Waals surface area (Å²) in [4.78, 5) is 16.9. The number of hydrogen-bond acceptors (Lipinski definition) is 5. The first kappa shape index (κ1) is 21.6. The first-order valence-electron chi connectivity index (χ1n) is 9.92. The maximum atomic E-state index is 12.3. The molecule has 0 aliphatic heterocycles. The summed E-state index contributed by atoms with van der Waals surface area (Å²) in [6, 6.07) is 11.8. The number of rotatable bonds is 8. The molecule has 2 aromatic carbocycles. The number of anilines is 1. The van der Waals surface area contributed by atoms with Gasteiger partial charge in [-0.15, -0.1) is 11.3 Å². The molecule has 0 saturated heterocycles. The van der Waals surface area contributed by atoms with Gasteiger partial charge in [0.2, 0.25) is 5.91 Å². The van der Waals surface area contributed by atoms with Gasteiger partial charge in [-0.3, -0.25) is 10.1 Å². The number of hydrogen-bond donors (Lipinski definition) is 1. The quantitative estimate of drug-likeness (QED) is 0.461.